The topological polar surface area (TPSA) is 102 Å². The fourth-order valence-electron chi connectivity index (χ4n) is 2.46. The number of ether oxygens (including phenoxy) is 1. The van der Waals surface area contributed by atoms with Crippen LogP contribution >= 0.6 is 11.8 Å². The molecule has 0 unspecified atom stereocenters. The van der Waals surface area contributed by atoms with Crippen molar-refractivity contribution in [1.82, 2.24) is 10.9 Å². The van der Waals surface area contributed by atoms with E-state index >= 15 is 0 Å². The summed E-state index contributed by atoms with van der Waals surface area (Å²) >= 11 is 1.29. The van der Waals surface area contributed by atoms with Gasteiger partial charge < -0.3 is 4.74 Å². The average molecular weight is 386 g/mol. The van der Waals surface area contributed by atoms with E-state index in [1.807, 2.05) is 32.0 Å². The van der Waals surface area contributed by atoms with Gasteiger partial charge in [-0.15, -0.1) is 11.8 Å². The highest BCUT2D eigenvalue weighted by Gasteiger charge is 2.28. The molecule has 1 atom stereocenters. The molecule has 0 bridgehead atoms. The molecule has 9 heteroatoms. The Morgan fingerprint density at radius 3 is 2.40 bits per heavy atom. The van der Waals surface area contributed by atoms with Crippen LogP contribution in [0.15, 0.2) is 18.2 Å². The monoisotopic (exact) mass is 386 g/mol. The Labute approximate surface area is 151 Å². The Bertz CT molecular complexity index is 729. The molecule has 0 saturated carbocycles. The fourth-order valence-corrected chi connectivity index (χ4v) is 5.91. The number of carbonyl (C=O) groups is 2. The summed E-state index contributed by atoms with van der Waals surface area (Å²) in [6.45, 7) is 3.66. The summed E-state index contributed by atoms with van der Waals surface area (Å²) in [5.74, 6) is 0.130. The lowest BCUT2D eigenvalue weighted by atomic mass is 10.1. The van der Waals surface area contributed by atoms with Crippen LogP contribution < -0.4 is 15.6 Å². The average Bonchev–Trinajstić information content (AvgIpc) is 2.87. The van der Waals surface area contributed by atoms with Crippen molar-refractivity contribution < 1.29 is 22.7 Å². The maximum atomic E-state index is 11.7. The molecule has 2 amide bonds. The van der Waals surface area contributed by atoms with Crippen LogP contribution in [-0.2, 0) is 19.4 Å². The maximum absolute atomic E-state index is 11.7. The molecule has 1 aliphatic heterocycles. The Morgan fingerprint density at radius 2 is 1.80 bits per heavy atom. The number of benzene rings is 1. The highest BCUT2D eigenvalue weighted by Crippen LogP contribution is 2.23. The molecule has 25 heavy (non-hydrogen) atoms. The van der Waals surface area contributed by atoms with Crippen LogP contribution in [0.25, 0.3) is 0 Å². The van der Waals surface area contributed by atoms with Gasteiger partial charge in [0.15, 0.2) is 16.4 Å². The number of hydrogen-bond donors (Lipinski definition) is 2. The first-order valence-electron chi connectivity index (χ1n) is 7.84. The minimum absolute atomic E-state index is 0.0562. The first-order valence-corrected chi connectivity index (χ1v) is 10.7. The van der Waals surface area contributed by atoms with Gasteiger partial charge in [0.25, 0.3) is 5.91 Å². The van der Waals surface area contributed by atoms with Crippen LogP contribution in [0.4, 0.5) is 0 Å². The molecule has 2 N–H and O–H groups in total. The van der Waals surface area contributed by atoms with Crippen LogP contribution in [0.5, 0.6) is 5.75 Å². The summed E-state index contributed by atoms with van der Waals surface area (Å²) in [6, 6.07) is 5.65. The summed E-state index contributed by atoms with van der Waals surface area (Å²) in [6.07, 6.45) is 0.566. The van der Waals surface area contributed by atoms with Gasteiger partial charge in [0.2, 0.25) is 5.91 Å². The number of carbonyl (C=O) groups excluding carboxylic acids is 2. The summed E-state index contributed by atoms with van der Waals surface area (Å²) in [5, 5.41) is -0.0562. The molecule has 1 heterocycles. The molecule has 1 aliphatic rings. The third kappa shape index (κ3) is 6.95. The van der Waals surface area contributed by atoms with E-state index in [-0.39, 0.29) is 35.0 Å². The minimum atomic E-state index is -2.95. The number of rotatable bonds is 6. The van der Waals surface area contributed by atoms with Crippen molar-refractivity contribution in [2.24, 2.45) is 0 Å². The van der Waals surface area contributed by atoms with Crippen LogP contribution in [0.3, 0.4) is 0 Å². The van der Waals surface area contributed by atoms with Crippen molar-refractivity contribution in [2.45, 2.75) is 25.5 Å². The van der Waals surface area contributed by atoms with E-state index < -0.39 is 15.7 Å². The number of nitrogens with one attached hydrogen (secondary N) is 2. The van der Waals surface area contributed by atoms with E-state index in [0.29, 0.717) is 12.2 Å². The Morgan fingerprint density at radius 1 is 1.16 bits per heavy atom. The van der Waals surface area contributed by atoms with E-state index in [4.69, 9.17) is 4.74 Å². The molecule has 1 fully saturated rings. The van der Waals surface area contributed by atoms with E-state index in [1.54, 1.807) is 0 Å². The van der Waals surface area contributed by atoms with Gasteiger partial charge in [-0.05, 0) is 43.5 Å². The van der Waals surface area contributed by atoms with Crippen LogP contribution in [0.2, 0.25) is 0 Å². The van der Waals surface area contributed by atoms with Gasteiger partial charge in [-0.25, -0.2) is 8.42 Å². The second-order valence-corrected chi connectivity index (χ2v) is 9.56. The molecule has 1 saturated heterocycles. The van der Waals surface area contributed by atoms with Gasteiger partial charge in [0.1, 0.15) is 5.75 Å². The lowest BCUT2D eigenvalue weighted by molar-refractivity contribution is -0.128. The van der Waals surface area contributed by atoms with Crippen LogP contribution in [0, 0.1) is 13.8 Å². The van der Waals surface area contributed by atoms with Gasteiger partial charge >= 0.3 is 0 Å². The molecule has 7 nitrogen and oxygen atoms in total. The predicted octanol–water partition coefficient (Wildman–Crippen LogP) is 0.750. The van der Waals surface area contributed by atoms with E-state index in [2.05, 4.69) is 10.9 Å². The number of aryl methyl sites for hydroxylation is 2. The zero-order chi connectivity index (χ0) is 18.4. The van der Waals surface area contributed by atoms with Gasteiger partial charge in [0.05, 0.1) is 17.3 Å². The Hall–Kier alpha value is -1.74. The lowest BCUT2D eigenvalue weighted by Crippen LogP contribution is -2.44. The highest BCUT2D eigenvalue weighted by atomic mass is 32.2. The first kappa shape index (κ1) is 19.6. The van der Waals surface area contributed by atoms with Gasteiger partial charge in [-0.2, -0.15) is 0 Å². The first-order chi connectivity index (χ1) is 11.7. The molecule has 1 aromatic rings. The molecule has 1 aromatic carbocycles. The Kier molecular flexibility index (Phi) is 6.71. The summed E-state index contributed by atoms with van der Waals surface area (Å²) < 4.78 is 28.1. The molecule has 0 radical (unpaired) electrons. The minimum Gasteiger partial charge on any atom is -0.484 e. The molecule has 0 aromatic heterocycles. The zero-order valence-electron chi connectivity index (χ0n) is 14.2. The highest BCUT2D eigenvalue weighted by molar-refractivity contribution is 8.02. The predicted molar refractivity (Wildman–Crippen MR) is 97.2 cm³/mol. The molecule has 138 valence electrons. The van der Waals surface area contributed by atoms with E-state index in [0.717, 1.165) is 11.1 Å². The van der Waals surface area contributed by atoms with E-state index in [9.17, 15) is 18.0 Å². The van der Waals surface area contributed by atoms with Gasteiger partial charge in [-0.1, -0.05) is 6.07 Å². The second kappa shape index (κ2) is 8.57. The fraction of sp³-hybridized carbons (Fsp3) is 0.500. The quantitative estimate of drug-likeness (QED) is 0.700. The lowest BCUT2D eigenvalue weighted by Gasteiger charge is -2.11. The van der Waals surface area contributed by atoms with E-state index in [1.165, 1.54) is 11.8 Å². The number of hydrogen-bond acceptors (Lipinski definition) is 6. The normalized spacial score (nSPS) is 18.6. The van der Waals surface area contributed by atoms with Crippen molar-refractivity contribution in [1.29, 1.82) is 0 Å². The number of thioether (sulfide) groups is 1. The number of hydrazine groups is 1. The van der Waals surface area contributed by atoms with Crippen molar-refractivity contribution >= 4 is 33.4 Å². The van der Waals surface area contributed by atoms with Crippen LogP contribution in [-0.4, -0.2) is 49.3 Å². The number of sulfone groups is 1. The third-order valence-electron chi connectivity index (χ3n) is 3.55. The standard InChI is InChI=1S/C16H22N2O5S2/c1-11-5-12(2)7-13(6-11)23-8-15(19)17-18-16(20)9-24-14-3-4-25(21,22)10-14/h5-7,14H,3-4,8-10H2,1-2H3,(H,17,19)(H,18,20)/t14-/m0/s1. The molecule has 2 rings (SSSR count). The molecular weight excluding hydrogens is 364 g/mol. The largest absolute Gasteiger partial charge is 0.484 e. The maximum Gasteiger partial charge on any atom is 0.276 e. The van der Waals surface area contributed by atoms with Crippen LogP contribution in [0.1, 0.15) is 17.5 Å². The Balaban J connectivity index is 1.65. The zero-order valence-corrected chi connectivity index (χ0v) is 15.8. The molecular formula is C16H22N2O5S2. The van der Waals surface area contributed by atoms with Crippen molar-refractivity contribution in [3.8, 4) is 5.75 Å². The SMILES string of the molecule is Cc1cc(C)cc(OCC(=O)NNC(=O)CS[C@H]2CCS(=O)(=O)C2)c1. The second-order valence-electron chi connectivity index (χ2n) is 6.04. The van der Waals surface area contributed by atoms with Gasteiger partial charge in [0, 0.05) is 5.25 Å². The summed E-state index contributed by atoms with van der Waals surface area (Å²) in [4.78, 5) is 23.4. The van der Waals surface area contributed by atoms with Gasteiger partial charge in [-0.3, -0.25) is 20.4 Å². The van der Waals surface area contributed by atoms with Crippen molar-refractivity contribution in [3.63, 3.8) is 0 Å². The van der Waals surface area contributed by atoms with Crippen molar-refractivity contribution in [2.75, 3.05) is 23.9 Å². The molecule has 0 spiro atoms. The molecule has 0 aliphatic carbocycles. The smallest absolute Gasteiger partial charge is 0.276 e. The third-order valence-corrected chi connectivity index (χ3v) is 6.83. The summed E-state index contributed by atoms with van der Waals surface area (Å²) in [5.41, 5.74) is 6.65. The summed E-state index contributed by atoms with van der Waals surface area (Å²) in [7, 11) is -2.95. The van der Waals surface area contributed by atoms with Crippen molar-refractivity contribution in [3.05, 3.63) is 29.3 Å². The number of amides is 2.